The van der Waals surface area contributed by atoms with E-state index >= 15 is 0 Å². The third-order valence-corrected chi connectivity index (χ3v) is 4.60. The van der Waals surface area contributed by atoms with Crippen molar-refractivity contribution in [3.05, 3.63) is 47.0 Å². The average Bonchev–Trinajstić information content (AvgIpc) is 3.15. The number of benzene rings is 1. The van der Waals surface area contributed by atoms with Crippen LogP contribution in [0.1, 0.15) is 29.0 Å². The summed E-state index contributed by atoms with van der Waals surface area (Å²) in [7, 11) is 3.19. The van der Waals surface area contributed by atoms with E-state index in [2.05, 4.69) is 10.3 Å². The summed E-state index contributed by atoms with van der Waals surface area (Å²) in [6.07, 6.45) is 0. The van der Waals surface area contributed by atoms with E-state index in [0.29, 0.717) is 17.2 Å². The standard InChI is InChI=1S/C17H18N2O3S/c1-10(11-4-5-14(21-2)15(8-11)22-3)18-17(20)13-9-16-12(19-13)6-7-23-16/h4-10,19H,1-3H3,(H,18,20). The molecule has 0 aliphatic heterocycles. The first-order valence-corrected chi connectivity index (χ1v) is 8.09. The number of rotatable bonds is 5. The van der Waals surface area contributed by atoms with Gasteiger partial charge in [-0.05, 0) is 42.1 Å². The normalized spacial score (nSPS) is 12.1. The highest BCUT2D eigenvalue weighted by molar-refractivity contribution is 7.17. The van der Waals surface area contributed by atoms with Crippen LogP contribution in [0.4, 0.5) is 0 Å². The molecule has 1 aromatic carbocycles. The van der Waals surface area contributed by atoms with Gasteiger partial charge in [-0.1, -0.05) is 6.07 Å². The molecule has 2 aromatic heterocycles. The van der Waals surface area contributed by atoms with E-state index in [1.54, 1.807) is 25.6 Å². The summed E-state index contributed by atoms with van der Waals surface area (Å²) in [6, 6.07) is 9.31. The number of aromatic amines is 1. The second kappa shape index (κ2) is 6.34. The quantitative estimate of drug-likeness (QED) is 0.749. The van der Waals surface area contributed by atoms with Gasteiger partial charge in [0.1, 0.15) is 5.69 Å². The zero-order chi connectivity index (χ0) is 16.4. The second-order valence-electron chi connectivity index (χ2n) is 5.19. The Morgan fingerprint density at radius 2 is 1.96 bits per heavy atom. The van der Waals surface area contributed by atoms with Crippen molar-refractivity contribution >= 4 is 27.5 Å². The van der Waals surface area contributed by atoms with Gasteiger partial charge >= 0.3 is 0 Å². The molecule has 1 atom stereocenters. The van der Waals surface area contributed by atoms with Crippen LogP contribution in [0.3, 0.4) is 0 Å². The zero-order valence-electron chi connectivity index (χ0n) is 13.2. The predicted octanol–water partition coefficient (Wildman–Crippen LogP) is 3.74. The monoisotopic (exact) mass is 330 g/mol. The number of hydrogen-bond acceptors (Lipinski definition) is 4. The van der Waals surface area contributed by atoms with Gasteiger partial charge < -0.3 is 19.8 Å². The minimum atomic E-state index is -0.149. The number of thiophene rings is 1. The first-order chi connectivity index (χ1) is 11.1. The molecule has 120 valence electrons. The Kier molecular flexibility index (Phi) is 4.25. The third kappa shape index (κ3) is 3.03. The van der Waals surface area contributed by atoms with Crippen molar-refractivity contribution in [2.75, 3.05) is 14.2 Å². The van der Waals surface area contributed by atoms with Gasteiger partial charge in [-0.15, -0.1) is 11.3 Å². The topological polar surface area (TPSA) is 63.3 Å². The third-order valence-electron chi connectivity index (χ3n) is 3.74. The van der Waals surface area contributed by atoms with Gasteiger partial charge in [0.05, 0.1) is 30.5 Å². The van der Waals surface area contributed by atoms with E-state index in [-0.39, 0.29) is 11.9 Å². The summed E-state index contributed by atoms with van der Waals surface area (Å²) in [6.45, 7) is 1.93. The number of hydrogen-bond donors (Lipinski definition) is 2. The van der Waals surface area contributed by atoms with Crippen molar-refractivity contribution in [1.29, 1.82) is 0 Å². The zero-order valence-corrected chi connectivity index (χ0v) is 14.0. The largest absolute Gasteiger partial charge is 0.493 e. The Morgan fingerprint density at radius 1 is 1.17 bits per heavy atom. The van der Waals surface area contributed by atoms with Crippen LogP contribution in [0.5, 0.6) is 11.5 Å². The molecule has 0 saturated heterocycles. The highest BCUT2D eigenvalue weighted by Gasteiger charge is 2.15. The lowest BCUT2D eigenvalue weighted by molar-refractivity contribution is 0.0935. The Morgan fingerprint density at radius 3 is 2.65 bits per heavy atom. The summed E-state index contributed by atoms with van der Waals surface area (Å²) in [5.41, 5.74) is 2.50. The molecular formula is C17H18N2O3S. The Hall–Kier alpha value is -2.47. The van der Waals surface area contributed by atoms with Gasteiger partial charge in [-0.3, -0.25) is 4.79 Å². The van der Waals surface area contributed by atoms with E-state index in [1.807, 2.05) is 42.6 Å². The number of nitrogens with one attached hydrogen (secondary N) is 2. The minimum Gasteiger partial charge on any atom is -0.493 e. The molecule has 1 amide bonds. The predicted molar refractivity (Wildman–Crippen MR) is 91.6 cm³/mol. The number of fused-ring (bicyclic) bond motifs is 1. The van der Waals surface area contributed by atoms with Crippen LogP contribution in [-0.2, 0) is 0 Å². The fraction of sp³-hybridized carbons (Fsp3) is 0.235. The molecule has 3 aromatic rings. The number of H-pyrrole nitrogens is 1. The summed E-state index contributed by atoms with van der Waals surface area (Å²) < 4.78 is 11.6. The van der Waals surface area contributed by atoms with Crippen molar-refractivity contribution in [1.82, 2.24) is 10.3 Å². The molecule has 0 saturated carbocycles. The molecule has 3 rings (SSSR count). The van der Waals surface area contributed by atoms with Gasteiger partial charge in [0.2, 0.25) is 0 Å². The molecule has 0 radical (unpaired) electrons. The van der Waals surface area contributed by atoms with E-state index in [0.717, 1.165) is 15.8 Å². The lowest BCUT2D eigenvalue weighted by Crippen LogP contribution is -2.26. The number of carbonyl (C=O) groups excluding carboxylic acids is 1. The Balaban J connectivity index is 1.76. The van der Waals surface area contributed by atoms with Crippen LogP contribution in [0.2, 0.25) is 0 Å². The smallest absolute Gasteiger partial charge is 0.268 e. The highest BCUT2D eigenvalue weighted by atomic mass is 32.1. The molecule has 2 N–H and O–H groups in total. The van der Waals surface area contributed by atoms with Gasteiger partial charge in [-0.2, -0.15) is 0 Å². The molecule has 0 aliphatic carbocycles. The molecule has 0 bridgehead atoms. The van der Waals surface area contributed by atoms with Crippen molar-refractivity contribution in [3.63, 3.8) is 0 Å². The molecule has 0 spiro atoms. The maximum atomic E-state index is 12.4. The van der Waals surface area contributed by atoms with Gasteiger partial charge in [-0.25, -0.2) is 0 Å². The second-order valence-corrected chi connectivity index (χ2v) is 6.14. The molecular weight excluding hydrogens is 312 g/mol. The molecule has 1 unspecified atom stereocenters. The first-order valence-electron chi connectivity index (χ1n) is 7.21. The van der Waals surface area contributed by atoms with Crippen molar-refractivity contribution < 1.29 is 14.3 Å². The van der Waals surface area contributed by atoms with Crippen LogP contribution in [0.25, 0.3) is 10.2 Å². The van der Waals surface area contributed by atoms with Crippen LogP contribution >= 0.6 is 11.3 Å². The molecule has 6 heteroatoms. The Labute approximate surface area is 138 Å². The molecule has 2 heterocycles. The SMILES string of the molecule is COc1ccc(C(C)NC(=O)c2cc3sccc3[nH]2)cc1OC. The maximum absolute atomic E-state index is 12.4. The molecule has 0 aliphatic rings. The number of aromatic nitrogens is 1. The summed E-state index contributed by atoms with van der Waals surface area (Å²) in [4.78, 5) is 15.5. The minimum absolute atomic E-state index is 0.129. The van der Waals surface area contributed by atoms with Crippen LogP contribution in [0, 0.1) is 0 Å². The molecule has 0 fully saturated rings. The van der Waals surface area contributed by atoms with Crippen LogP contribution in [-0.4, -0.2) is 25.1 Å². The average molecular weight is 330 g/mol. The summed E-state index contributed by atoms with van der Waals surface area (Å²) in [5, 5.41) is 4.99. The van der Waals surface area contributed by atoms with Crippen molar-refractivity contribution in [2.45, 2.75) is 13.0 Å². The van der Waals surface area contributed by atoms with E-state index in [4.69, 9.17) is 9.47 Å². The van der Waals surface area contributed by atoms with Gasteiger partial charge in [0, 0.05) is 0 Å². The van der Waals surface area contributed by atoms with Crippen LogP contribution in [0.15, 0.2) is 35.7 Å². The fourth-order valence-corrected chi connectivity index (χ4v) is 3.23. The number of carbonyl (C=O) groups is 1. The highest BCUT2D eigenvalue weighted by Crippen LogP contribution is 2.30. The molecule has 23 heavy (non-hydrogen) atoms. The first kappa shape index (κ1) is 15.4. The summed E-state index contributed by atoms with van der Waals surface area (Å²) >= 11 is 1.61. The fourth-order valence-electron chi connectivity index (χ4n) is 2.45. The van der Waals surface area contributed by atoms with E-state index in [1.165, 1.54) is 0 Å². The number of amides is 1. The summed E-state index contributed by atoms with van der Waals surface area (Å²) in [5.74, 6) is 1.18. The van der Waals surface area contributed by atoms with Crippen LogP contribution < -0.4 is 14.8 Å². The van der Waals surface area contributed by atoms with Gasteiger partial charge in [0.25, 0.3) is 5.91 Å². The Bertz CT molecular complexity index is 809. The van der Waals surface area contributed by atoms with Gasteiger partial charge in [0.15, 0.2) is 11.5 Å². The van der Waals surface area contributed by atoms with Crippen molar-refractivity contribution in [2.24, 2.45) is 0 Å². The number of ether oxygens (including phenoxy) is 2. The molecule has 5 nitrogen and oxygen atoms in total. The van der Waals surface area contributed by atoms with E-state index in [9.17, 15) is 4.79 Å². The van der Waals surface area contributed by atoms with Crippen molar-refractivity contribution in [3.8, 4) is 11.5 Å². The number of methoxy groups -OCH3 is 2. The lowest BCUT2D eigenvalue weighted by Gasteiger charge is -2.16. The maximum Gasteiger partial charge on any atom is 0.268 e. The van der Waals surface area contributed by atoms with E-state index < -0.39 is 0 Å². The lowest BCUT2D eigenvalue weighted by atomic mass is 10.1.